The van der Waals surface area contributed by atoms with Crippen molar-refractivity contribution in [2.45, 2.75) is 52.0 Å². The molecule has 1 N–H and O–H groups in total. The van der Waals surface area contributed by atoms with Gasteiger partial charge in [-0.25, -0.2) is 0 Å². The van der Waals surface area contributed by atoms with Crippen LogP contribution in [-0.4, -0.2) is 17.6 Å². The normalized spacial score (nSPS) is 27.4. The Balaban J connectivity index is 2.00. The van der Waals surface area contributed by atoms with Gasteiger partial charge >= 0.3 is 0 Å². The first kappa shape index (κ1) is 15.0. The maximum Gasteiger partial charge on any atom is 0.0410 e. The van der Waals surface area contributed by atoms with Crippen LogP contribution in [0.3, 0.4) is 0 Å². The summed E-state index contributed by atoms with van der Waals surface area (Å²) < 4.78 is 1.09. The molecule has 19 heavy (non-hydrogen) atoms. The molecule has 2 nitrogen and oxygen atoms in total. The fraction of sp³-hybridized carbons (Fsp3) is 0.688. The Kier molecular flexibility index (Phi) is 5.83. The number of nitrogens with one attached hydrogen (secondary N) is 1. The highest BCUT2D eigenvalue weighted by molar-refractivity contribution is 9.10. The fourth-order valence-corrected chi connectivity index (χ4v) is 3.61. The van der Waals surface area contributed by atoms with Gasteiger partial charge in [-0.2, -0.15) is 0 Å². The minimum absolute atomic E-state index is 0.690. The van der Waals surface area contributed by atoms with Gasteiger partial charge in [0.15, 0.2) is 0 Å². The number of nitrogens with zero attached hydrogens (tertiary/aromatic N) is 1. The van der Waals surface area contributed by atoms with Crippen LogP contribution in [0.25, 0.3) is 0 Å². The molecule has 1 aromatic heterocycles. The molecule has 1 heterocycles. The lowest BCUT2D eigenvalue weighted by atomic mass is 9.76. The van der Waals surface area contributed by atoms with Gasteiger partial charge in [-0.1, -0.05) is 13.8 Å². The second-order valence-corrected chi connectivity index (χ2v) is 6.87. The SMILES string of the molecule is CCCNC1CCC(C)CC1Cc1cncc(Br)c1. The molecule has 0 radical (unpaired) electrons. The first-order chi connectivity index (χ1) is 9.19. The number of pyridine rings is 1. The zero-order valence-electron chi connectivity index (χ0n) is 12.0. The Morgan fingerprint density at radius 1 is 1.37 bits per heavy atom. The Labute approximate surface area is 125 Å². The summed E-state index contributed by atoms with van der Waals surface area (Å²) in [5.41, 5.74) is 1.36. The topological polar surface area (TPSA) is 24.9 Å². The molecular weight excluding hydrogens is 300 g/mol. The van der Waals surface area contributed by atoms with Gasteiger partial charge < -0.3 is 5.32 Å². The van der Waals surface area contributed by atoms with Crippen LogP contribution in [0.2, 0.25) is 0 Å². The molecule has 0 saturated heterocycles. The van der Waals surface area contributed by atoms with Crippen molar-refractivity contribution in [3.8, 4) is 0 Å². The molecule has 3 atom stereocenters. The number of aromatic nitrogens is 1. The molecule has 1 fully saturated rings. The number of hydrogen-bond donors (Lipinski definition) is 1. The van der Waals surface area contributed by atoms with Gasteiger partial charge in [-0.3, -0.25) is 4.98 Å². The zero-order chi connectivity index (χ0) is 13.7. The summed E-state index contributed by atoms with van der Waals surface area (Å²) in [6.07, 6.45) is 10.3. The molecule has 3 heteroatoms. The van der Waals surface area contributed by atoms with Crippen LogP contribution in [0.5, 0.6) is 0 Å². The Hall–Kier alpha value is -0.410. The molecule has 0 spiro atoms. The Morgan fingerprint density at radius 3 is 2.95 bits per heavy atom. The molecule has 1 aliphatic carbocycles. The molecule has 0 bridgehead atoms. The highest BCUT2D eigenvalue weighted by atomic mass is 79.9. The van der Waals surface area contributed by atoms with E-state index in [2.05, 4.69) is 46.1 Å². The van der Waals surface area contributed by atoms with E-state index in [-0.39, 0.29) is 0 Å². The molecule has 106 valence electrons. The molecule has 2 rings (SSSR count). The quantitative estimate of drug-likeness (QED) is 0.878. The fourth-order valence-electron chi connectivity index (χ4n) is 3.19. The predicted octanol–water partition coefficient (Wildman–Crippen LogP) is 4.19. The van der Waals surface area contributed by atoms with Crippen molar-refractivity contribution in [2.24, 2.45) is 11.8 Å². The van der Waals surface area contributed by atoms with Gasteiger partial charge in [-0.15, -0.1) is 0 Å². The van der Waals surface area contributed by atoms with Gasteiger partial charge in [0.1, 0.15) is 0 Å². The van der Waals surface area contributed by atoms with Crippen molar-refractivity contribution in [2.75, 3.05) is 6.54 Å². The van der Waals surface area contributed by atoms with Crippen molar-refractivity contribution in [1.82, 2.24) is 10.3 Å². The zero-order valence-corrected chi connectivity index (χ0v) is 13.6. The molecule has 0 aliphatic heterocycles. The van der Waals surface area contributed by atoms with Gasteiger partial charge in [0.05, 0.1) is 0 Å². The van der Waals surface area contributed by atoms with Crippen LogP contribution in [-0.2, 0) is 6.42 Å². The van der Waals surface area contributed by atoms with Crippen LogP contribution >= 0.6 is 15.9 Å². The molecular formula is C16H25BrN2. The summed E-state index contributed by atoms with van der Waals surface area (Å²) in [5.74, 6) is 1.62. The van der Waals surface area contributed by atoms with E-state index in [9.17, 15) is 0 Å². The summed E-state index contributed by atoms with van der Waals surface area (Å²) >= 11 is 3.52. The van der Waals surface area contributed by atoms with E-state index in [1.54, 1.807) is 0 Å². The van der Waals surface area contributed by atoms with E-state index in [0.717, 1.165) is 29.3 Å². The molecule has 1 aromatic rings. The molecule has 3 unspecified atom stereocenters. The first-order valence-corrected chi connectivity index (χ1v) is 8.31. The third-order valence-corrected chi connectivity index (χ3v) is 4.59. The van der Waals surface area contributed by atoms with E-state index < -0.39 is 0 Å². The number of halogens is 1. The summed E-state index contributed by atoms with van der Waals surface area (Å²) in [6, 6.07) is 2.90. The van der Waals surface area contributed by atoms with Crippen LogP contribution in [0.4, 0.5) is 0 Å². The summed E-state index contributed by atoms with van der Waals surface area (Å²) in [6.45, 7) is 5.78. The standard InChI is InChI=1S/C16H25BrN2/c1-3-6-19-16-5-4-12(2)7-14(16)8-13-9-15(17)11-18-10-13/h9-12,14,16,19H,3-8H2,1-2H3. The van der Waals surface area contributed by atoms with Crippen LogP contribution < -0.4 is 5.32 Å². The molecule has 0 aromatic carbocycles. The lowest BCUT2D eigenvalue weighted by Gasteiger charge is -2.35. The predicted molar refractivity (Wildman–Crippen MR) is 84.2 cm³/mol. The van der Waals surface area contributed by atoms with Gasteiger partial charge in [0.2, 0.25) is 0 Å². The van der Waals surface area contributed by atoms with Gasteiger partial charge in [0.25, 0.3) is 0 Å². The second kappa shape index (κ2) is 7.39. The van der Waals surface area contributed by atoms with Crippen LogP contribution in [0.15, 0.2) is 22.9 Å². The lowest BCUT2D eigenvalue weighted by molar-refractivity contribution is 0.212. The van der Waals surface area contributed by atoms with Crippen LogP contribution in [0.1, 0.15) is 45.1 Å². The molecule has 1 aliphatic rings. The number of rotatable bonds is 5. The third-order valence-electron chi connectivity index (χ3n) is 4.16. The van der Waals surface area contributed by atoms with Gasteiger partial charge in [-0.05, 0) is 78.0 Å². The average molecular weight is 325 g/mol. The van der Waals surface area contributed by atoms with Crippen molar-refractivity contribution in [3.05, 3.63) is 28.5 Å². The summed E-state index contributed by atoms with van der Waals surface area (Å²) in [7, 11) is 0. The maximum atomic E-state index is 4.29. The Morgan fingerprint density at radius 2 is 2.21 bits per heavy atom. The van der Waals surface area contributed by atoms with E-state index in [1.807, 2.05) is 12.4 Å². The largest absolute Gasteiger partial charge is 0.314 e. The summed E-state index contributed by atoms with van der Waals surface area (Å²) in [5, 5.41) is 3.74. The highest BCUT2D eigenvalue weighted by Crippen LogP contribution is 2.31. The third kappa shape index (κ3) is 4.57. The first-order valence-electron chi connectivity index (χ1n) is 7.51. The van der Waals surface area contributed by atoms with Crippen molar-refractivity contribution >= 4 is 15.9 Å². The van der Waals surface area contributed by atoms with Gasteiger partial charge in [0, 0.05) is 22.9 Å². The lowest BCUT2D eigenvalue weighted by Crippen LogP contribution is -2.41. The monoisotopic (exact) mass is 324 g/mol. The summed E-state index contributed by atoms with van der Waals surface area (Å²) in [4.78, 5) is 4.29. The Bertz CT molecular complexity index is 392. The van der Waals surface area contributed by atoms with Crippen LogP contribution in [0, 0.1) is 11.8 Å². The molecule has 1 saturated carbocycles. The minimum atomic E-state index is 0.690. The van der Waals surface area contributed by atoms with E-state index in [4.69, 9.17) is 0 Å². The second-order valence-electron chi connectivity index (χ2n) is 5.95. The smallest absolute Gasteiger partial charge is 0.0410 e. The van der Waals surface area contributed by atoms with Crippen molar-refractivity contribution in [1.29, 1.82) is 0 Å². The van der Waals surface area contributed by atoms with Crippen molar-refractivity contribution in [3.63, 3.8) is 0 Å². The van der Waals surface area contributed by atoms with E-state index in [1.165, 1.54) is 31.2 Å². The highest BCUT2D eigenvalue weighted by Gasteiger charge is 2.28. The minimum Gasteiger partial charge on any atom is -0.314 e. The van der Waals surface area contributed by atoms with E-state index >= 15 is 0 Å². The molecule has 0 amide bonds. The number of hydrogen-bond acceptors (Lipinski definition) is 2. The van der Waals surface area contributed by atoms with Crippen molar-refractivity contribution < 1.29 is 0 Å². The maximum absolute atomic E-state index is 4.29. The van der Waals surface area contributed by atoms with E-state index in [0.29, 0.717) is 6.04 Å². The average Bonchev–Trinajstić information content (AvgIpc) is 2.38.